The van der Waals surface area contributed by atoms with Crippen molar-refractivity contribution in [2.24, 2.45) is 0 Å². The molecule has 2 aromatic heterocycles. The van der Waals surface area contributed by atoms with E-state index in [2.05, 4.69) is 17.2 Å². The number of hydrogen-bond donors (Lipinski definition) is 1. The fraction of sp³-hybridized carbons (Fsp3) is 0.176. The van der Waals surface area contributed by atoms with E-state index in [-0.39, 0.29) is 5.91 Å². The van der Waals surface area contributed by atoms with Crippen LogP contribution in [0.25, 0.3) is 5.65 Å². The molecule has 4 nitrogen and oxygen atoms in total. The van der Waals surface area contributed by atoms with Crippen molar-refractivity contribution < 1.29 is 4.79 Å². The van der Waals surface area contributed by atoms with E-state index in [9.17, 15) is 4.79 Å². The topological polar surface area (TPSA) is 46.4 Å². The second kappa shape index (κ2) is 6.63. The Morgan fingerprint density at radius 3 is 2.58 bits per heavy atom. The van der Waals surface area contributed by atoms with Crippen molar-refractivity contribution in [1.29, 1.82) is 0 Å². The zero-order valence-electron chi connectivity index (χ0n) is 13.0. The third kappa shape index (κ3) is 3.09. The van der Waals surface area contributed by atoms with Crippen LogP contribution in [0.2, 0.25) is 15.1 Å². The van der Waals surface area contributed by atoms with Gasteiger partial charge in [-0.05, 0) is 37.6 Å². The first-order chi connectivity index (χ1) is 11.4. The van der Waals surface area contributed by atoms with Gasteiger partial charge in [0, 0.05) is 11.9 Å². The van der Waals surface area contributed by atoms with Crippen molar-refractivity contribution in [2.45, 2.75) is 20.3 Å². The molecule has 0 bridgehead atoms. The van der Waals surface area contributed by atoms with E-state index in [4.69, 9.17) is 34.8 Å². The largest absolute Gasteiger partial charge is 0.321 e. The quantitative estimate of drug-likeness (QED) is 0.615. The van der Waals surface area contributed by atoms with E-state index in [1.807, 2.05) is 17.4 Å². The smallest absolute Gasteiger partial charge is 0.257 e. The number of rotatable bonds is 3. The van der Waals surface area contributed by atoms with E-state index >= 15 is 0 Å². The zero-order chi connectivity index (χ0) is 17.4. The summed E-state index contributed by atoms with van der Waals surface area (Å²) in [5, 5.41) is 3.74. The van der Waals surface area contributed by atoms with Crippen LogP contribution in [-0.4, -0.2) is 15.3 Å². The van der Waals surface area contributed by atoms with Crippen LogP contribution < -0.4 is 5.32 Å². The summed E-state index contributed by atoms with van der Waals surface area (Å²) in [5.74, 6) is -0.289. The third-order valence-corrected chi connectivity index (χ3v) is 4.85. The lowest BCUT2D eigenvalue weighted by Crippen LogP contribution is -2.13. The summed E-state index contributed by atoms with van der Waals surface area (Å²) >= 11 is 18.0. The molecule has 0 aliphatic heterocycles. The molecule has 124 valence electrons. The van der Waals surface area contributed by atoms with E-state index in [1.54, 1.807) is 12.3 Å². The Balaban J connectivity index is 1.94. The van der Waals surface area contributed by atoms with E-state index in [0.29, 0.717) is 26.3 Å². The Labute approximate surface area is 154 Å². The predicted octanol–water partition coefficient (Wildman–Crippen LogP) is 5.42. The lowest BCUT2D eigenvalue weighted by molar-refractivity contribution is 0.102. The van der Waals surface area contributed by atoms with Gasteiger partial charge in [0.15, 0.2) is 0 Å². The SMILES string of the molecule is CCc1nc2ccc(C(=O)Nc3cc(Cl)c(Cl)cc3Cl)cn2c1C. The van der Waals surface area contributed by atoms with Crippen LogP contribution in [0.5, 0.6) is 0 Å². The average molecular weight is 383 g/mol. The average Bonchev–Trinajstić information content (AvgIpc) is 2.88. The highest BCUT2D eigenvalue weighted by molar-refractivity contribution is 6.44. The lowest BCUT2D eigenvalue weighted by atomic mass is 10.2. The fourth-order valence-electron chi connectivity index (χ4n) is 2.49. The minimum absolute atomic E-state index is 0.289. The number of amides is 1. The van der Waals surface area contributed by atoms with Crippen LogP contribution in [0.1, 0.15) is 28.7 Å². The molecule has 3 rings (SSSR count). The number of hydrogen-bond acceptors (Lipinski definition) is 2. The number of benzene rings is 1. The molecule has 2 heterocycles. The Kier molecular flexibility index (Phi) is 4.72. The number of carbonyl (C=O) groups excluding carboxylic acids is 1. The van der Waals surface area contributed by atoms with Crippen LogP contribution in [0.4, 0.5) is 5.69 Å². The number of carbonyl (C=O) groups is 1. The fourth-order valence-corrected chi connectivity index (χ4v) is 3.09. The van der Waals surface area contributed by atoms with Crippen molar-refractivity contribution in [3.8, 4) is 0 Å². The molecule has 0 atom stereocenters. The molecule has 0 fully saturated rings. The summed E-state index contributed by atoms with van der Waals surface area (Å²) in [4.78, 5) is 17.0. The first kappa shape index (κ1) is 17.1. The molecule has 3 aromatic rings. The van der Waals surface area contributed by atoms with Gasteiger partial charge in [0.05, 0.1) is 32.0 Å². The van der Waals surface area contributed by atoms with Gasteiger partial charge in [-0.15, -0.1) is 0 Å². The van der Waals surface area contributed by atoms with Crippen molar-refractivity contribution in [3.63, 3.8) is 0 Å². The summed E-state index contributed by atoms with van der Waals surface area (Å²) in [7, 11) is 0. The molecule has 1 N–H and O–H groups in total. The molecule has 1 amide bonds. The van der Waals surface area contributed by atoms with Crippen molar-refractivity contribution in [3.05, 3.63) is 62.5 Å². The van der Waals surface area contributed by atoms with E-state index in [1.165, 1.54) is 12.1 Å². The molecule has 0 aliphatic carbocycles. The number of fused-ring (bicyclic) bond motifs is 1. The van der Waals surface area contributed by atoms with Crippen LogP contribution in [-0.2, 0) is 6.42 Å². The molecule has 7 heteroatoms. The highest BCUT2D eigenvalue weighted by Crippen LogP contribution is 2.32. The minimum atomic E-state index is -0.289. The highest BCUT2D eigenvalue weighted by atomic mass is 35.5. The molecule has 0 spiro atoms. The maximum atomic E-state index is 12.5. The molecule has 0 aliphatic rings. The van der Waals surface area contributed by atoms with Gasteiger partial charge < -0.3 is 9.72 Å². The Bertz CT molecular complexity index is 950. The molecule has 1 aromatic carbocycles. The first-order valence-corrected chi connectivity index (χ1v) is 8.47. The van der Waals surface area contributed by atoms with Crippen LogP contribution in [0.3, 0.4) is 0 Å². The van der Waals surface area contributed by atoms with Gasteiger partial charge in [0.1, 0.15) is 5.65 Å². The van der Waals surface area contributed by atoms with Crippen molar-refractivity contribution in [1.82, 2.24) is 9.38 Å². The molecule has 0 unspecified atom stereocenters. The molecule has 0 saturated carbocycles. The standard InChI is InChI=1S/C17H14Cl3N3O/c1-3-14-9(2)23-8-10(4-5-16(23)21-14)17(24)22-15-7-12(19)11(18)6-13(15)20/h4-8H,3H2,1-2H3,(H,22,24). The van der Waals surface area contributed by atoms with Gasteiger partial charge in [-0.3, -0.25) is 4.79 Å². The number of aryl methyl sites for hydroxylation is 2. The van der Waals surface area contributed by atoms with Gasteiger partial charge in [-0.1, -0.05) is 41.7 Å². The number of halogens is 3. The second-order valence-electron chi connectivity index (χ2n) is 5.34. The van der Waals surface area contributed by atoms with Gasteiger partial charge >= 0.3 is 0 Å². The van der Waals surface area contributed by atoms with Gasteiger partial charge in [0.25, 0.3) is 5.91 Å². The molecular weight excluding hydrogens is 369 g/mol. The third-order valence-electron chi connectivity index (χ3n) is 3.81. The number of anilines is 1. The van der Waals surface area contributed by atoms with Gasteiger partial charge in [-0.25, -0.2) is 4.98 Å². The summed E-state index contributed by atoms with van der Waals surface area (Å²) in [6.07, 6.45) is 2.60. The van der Waals surface area contributed by atoms with Crippen molar-refractivity contribution in [2.75, 3.05) is 5.32 Å². The minimum Gasteiger partial charge on any atom is -0.321 e. The van der Waals surface area contributed by atoms with Crippen molar-refractivity contribution >= 4 is 52.0 Å². The Morgan fingerprint density at radius 2 is 1.88 bits per heavy atom. The number of nitrogens with zero attached hydrogens (tertiary/aromatic N) is 2. The molecule has 0 radical (unpaired) electrons. The molecular formula is C17H14Cl3N3O. The summed E-state index contributed by atoms with van der Waals surface area (Å²) in [6, 6.07) is 6.57. The number of pyridine rings is 1. The summed E-state index contributed by atoms with van der Waals surface area (Å²) < 4.78 is 1.91. The zero-order valence-corrected chi connectivity index (χ0v) is 15.3. The highest BCUT2D eigenvalue weighted by Gasteiger charge is 2.13. The Morgan fingerprint density at radius 1 is 1.17 bits per heavy atom. The predicted molar refractivity (Wildman–Crippen MR) is 98.7 cm³/mol. The summed E-state index contributed by atoms with van der Waals surface area (Å²) in [5.41, 5.74) is 3.75. The van der Waals surface area contributed by atoms with Crippen LogP contribution >= 0.6 is 34.8 Å². The number of nitrogens with one attached hydrogen (secondary N) is 1. The van der Waals surface area contributed by atoms with Gasteiger partial charge in [0.2, 0.25) is 0 Å². The summed E-state index contributed by atoms with van der Waals surface area (Å²) in [6.45, 7) is 4.03. The number of imidazole rings is 1. The lowest BCUT2D eigenvalue weighted by Gasteiger charge is -2.09. The monoisotopic (exact) mass is 381 g/mol. The normalized spacial score (nSPS) is 11.0. The van der Waals surface area contributed by atoms with E-state index < -0.39 is 0 Å². The maximum absolute atomic E-state index is 12.5. The number of aromatic nitrogens is 2. The van der Waals surface area contributed by atoms with Crippen LogP contribution in [0.15, 0.2) is 30.5 Å². The maximum Gasteiger partial charge on any atom is 0.257 e. The Hall–Kier alpha value is -1.75. The van der Waals surface area contributed by atoms with Crippen LogP contribution in [0, 0.1) is 6.92 Å². The second-order valence-corrected chi connectivity index (χ2v) is 6.57. The van der Waals surface area contributed by atoms with E-state index in [0.717, 1.165) is 23.5 Å². The van der Waals surface area contributed by atoms with Gasteiger partial charge in [-0.2, -0.15) is 0 Å². The first-order valence-electron chi connectivity index (χ1n) is 7.34. The molecule has 24 heavy (non-hydrogen) atoms. The molecule has 0 saturated heterocycles.